The summed E-state index contributed by atoms with van der Waals surface area (Å²) >= 11 is 3.79. The lowest BCUT2D eigenvalue weighted by Crippen LogP contribution is -2.30. The van der Waals surface area contributed by atoms with Gasteiger partial charge in [0.05, 0.1) is 0 Å². The van der Waals surface area contributed by atoms with Gasteiger partial charge in [0.15, 0.2) is 0 Å². The largest absolute Gasteiger partial charge is 0.533 e. The van der Waals surface area contributed by atoms with Crippen molar-refractivity contribution in [1.82, 2.24) is 0 Å². The molecule has 1 atom stereocenters. The van der Waals surface area contributed by atoms with Gasteiger partial charge in [-0.1, -0.05) is 66.1 Å². The van der Waals surface area contributed by atoms with Crippen molar-refractivity contribution in [3.63, 3.8) is 0 Å². The second-order valence-electron chi connectivity index (χ2n) is 4.33. The minimum Gasteiger partial charge on any atom is -0.533 e. The van der Waals surface area contributed by atoms with Gasteiger partial charge in [-0.15, -0.1) is 0 Å². The second kappa shape index (κ2) is 7.12. The number of halogens is 1. The van der Waals surface area contributed by atoms with E-state index in [0.29, 0.717) is 0 Å². The summed E-state index contributed by atoms with van der Waals surface area (Å²) in [5.74, 6) is 0.990. The molecule has 0 aromatic heterocycles. The van der Waals surface area contributed by atoms with Crippen LogP contribution in [-0.2, 0) is 0 Å². The lowest BCUT2D eigenvalue weighted by atomic mass is 10.2. The Balaban J connectivity index is 2.33. The molecule has 0 fully saturated rings. The van der Waals surface area contributed by atoms with Gasteiger partial charge in [-0.2, -0.15) is 0 Å². The molecule has 1 aromatic carbocycles. The lowest BCUT2D eigenvalue weighted by molar-refractivity contribution is 0.557. The number of hydrogen-bond donors (Lipinski definition) is 0. The molecule has 1 nitrogen and oxygen atoms in total. The molecule has 1 aromatic rings. The van der Waals surface area contributed by atoms with Crippen molar-refractivity contribution in [3.05, 3.63) is 30.3 Å². The van der Waals surface area contributed by atoms with E-state index in [1.807, 2.05) is 30.3 Å². The van der Waals surface area contributed by atoms with Crippen molar-refractivity contribution in [2.45, 2.75) is 45.2 Å². The highest BCUT2D eigenvalue weighted by Gasteiger charge is 2.26. The van der Waals surface area contributed by atoms with Crippen molar-refractivity contribution in [2.24, 2.45) is 0 Å². The molecule has 0 amide bonds. The zero-order chi connectivity index (χ0) is 11.9. The summed E-state index contributed by atoms with van der Waals surface area (Å²) in [4.78, 5) is 0. The Hall–Kier alpha value is -0.283. The Kier molecular flexibility index (Phi) is 6.13. The molecule has 0 heterocycles. The normalized spacial score (nSPS) is 14.4. The van der Waals surface area contributed by atoms with Gasteiger partial charge in [0, 0.05) is 0 Å². The van der Waals surface area contributed by atoms with E-state index >= 15 is 0 Å². The Morgan fingerprint density at radius 1 is 1.12 bits per heavy atom. The molecule has 0 aliphatic heterocycles. The quantitative estimate of drug-likeness (QED) is 0.386. The van der Waals surface area contributed by atoms with Crippen molar-refractivity contribution < 1.29 is 4.43 Å². The fourth-order valence-corrected chi connectivity index (χ4v) is 4.67. The Labute approximate surface area is 108 Å². The minimum atomic E-state index is -1.68. The van der Waals surface area contributed by atoms with Gasteiger partial charge in [0.1, 0.15) is 5.75 Å². The molecule has 0 N–H and O–H groups in total. The molecule has 0 radical (unpaired) electrons. The van der Waals surface area contributed by atoms with Gasteiger partial charge < -0.3 is 4.43 Å². The number of para-hydroxylation sites is 1. The molecule has 1 unspecified atom stereocenters. The third-order valence-corrected chi connectivity index (χ3v) is 6.13. The fourth-order valence-electron chi connectivity index (χ4n) is 1.65. The molecule has 3 heteroatoms. The molecule has 90 valence electrons. The second-order valence-corrected chi connectivity index (χ2v) is 12.3. The maximum atomic E-state index is 6.04. The zero-order valence-corrected chi connectivity index (χ0v) is 12.8. The number of hydrogen-bond acceptors (Lipinski definition) is 1. The Morgan fingerprint density at radius 3 is 2.44 bits per heavy atom. The standard InChI is InChI=1S/C13H21BrOSi/c1-3-4-5-9-12-16(2,14)15-13-10-7-6-8-11-13/h6-8,10-11H,3-5,9,12H2,1-2H3. The summed E-state index contributed by atoms with van der Waals surface area (Å²) in [7, 11) is 0. The first-order chi connectivity index (χ1) is 7.64. The highest BCUT2D eigenvalue weighted by Crippen LogP contribution is 2.25. The zero-order valence-electron chi connectivity index (χ0n) is 10.2. The maximum Gasteiger partial charge on any atom is 0.318 e. The van der Waals surface area contributed by atoms with Gasteiger partial charge in [-0.05, 0) is 24.7 Å². The van der Waals surface area contributed by atoms with Crippen LogP contribution < -0.4 is 4.43 Å². The minimum absolute atomic E-state index is 0.990. The number of rotatable bonds is 7. The van der Waals surface area contributed by atoms with Gasteiger partial charge in [0.25, 0.3) is 0 Å². The van der Waals surface area contributed by atoms with Gasteiger partial charge in [-0.25, -0.2) is 0 Å². The predicted molar refractivity (Wildman–Crippen MR) is 76.6 cm³/mol. The van der Waals surface area contributed by atoms with E-state index in [0.717, 1.165) is 5.75 Å². The number of benzene rings is 1. The monoisotopic (exact) mass is 300 g/mol. The SMILES string of the molecule is CCCCCC[Si](C)(Br)Oc1ccccc1. The molecule has 0 spiro atoms. The third kappa shape index (κ3) is 5.71. The van der Waals surface area contributed by atoms with Crippen LogP contribution in [0, 0.1) is 0 Å². The van der Waals surface area contributed by atoms with Crippen LogP contribution in [0.5, 0.6) is 5.75 Å². The molecular weight excluding hydrogens is 280 g/mol. The van der Waals surface area contributed by atoms with Crippen LogP contribution in [0.4, 0.5) is 0 Å². The Morgan fingerprint density at radius 2 is 1.81 bits per heavy atom. The van der Waals surface area contributed by atoms with E-state index in [1.54, 1.807) is 0 Å². The summed E-state index contributed by atoms with van der Waals surface area (Å²) in [5.41, 5.74) is 0. The molecular formula is C13H21BrOSi. The molecule has 0 aliphatic carbocycles. The van der Waals surface area contributed by atoms with E-state index < -0.39 is 6.94 Å². The van der Waals surface area contributed by atoms with E-state index in [2.05, 4.69) is 28.8 Å². The fraction of sp³-hybridized carbons (Fsp3) is 0.538. The predicted octanol–water partition coefficient (Wildman–Crippen LogP) is 5.11. The average molecular weight is 301 g/mol. The smallest absolute Gasteiger partial charge is 0.318 e. The van der Waals surface area contributed by atoms with Crippen LogP contribution in [-0.4, -0.2) is 6.94 Å². The molecule has 16 heavy (non-hydrogen) atoms. The first-order valence-corrected chi connectivity index (χ1v) is 10.9. The van der Waals surface area contributed by atoms with E-state index in [1.165, 1.54) is 31.7 Å². The number of unbranched alkanes of at least 4 members (excludes halogenated alkanes) is 3. The first kappa shape index (κ1) is 13.8. The third-order valence-electron chi connectivity index (χ3n) is 2.55. The average Bonchev–Trinajstić information content (AvgIpc) is 2.25. The van der Waals surface area contributed by atoms with Crippen LogP contribution in [0.3, 0.4) is 0 Å². The molecule has 0 saturated heterocycles. The molecule has 0 aliphatic rings. The van der Waals surface area contributed by atoms with Gasteiger partial charge >= 0.3 is 6.94 Å². The maximum absolute atomic E-state index is 6.04. The summed E-state index contributed by atoms with van der Waals surface area (Å²) in [6.45, 7) is 2.79. The van der Waals surface area contributed by atoms with Gasteiger partial charge in [-0.3, -0.25) is 0 Å². The highest BCUT2D eigenvalue weighted by molar-refractivity contribution is 9.25. The van der Waals surface area contributed by atoms with E-state index in [4.69, 9.17) is 4.43 Å². The van der Waals surface area contributed by atoms with Gasteiger partial charge in [0.2, 0.25) is 0 Å². The van der Waals surface area contributed by atoms with E-state index in [-0.39, 0.29) is 0 Å². The van der Waals surface area contributed by atoms with Crippen molar-refractivity contribution in [1.29, 1.82) is 0 Å². The first-order valence-electron chi connectivity index (χ1n) is 6.07. The van der Waals surface area contributed by atoms with Crippen LogP contribution in [0.25, 0.3) is 0 Å². The summed E-state index contributed by atoms with van der Waals surface area (Å²) in [6, 6.07) is 11.3. The van der Waals surface area contributed by atoms with Crippen molar-refractivity contribution in [2.75, 3.05) is 0 Å². The molecule has 1 rings (SSSR count). The molecule has 0 saturated carbocycles. The Bertz CT molecular complexity index is 287. The van der Waals surface area contributed by atoms with Crippen molar-refractivity contribution >= 4 is 22.2 Å². The van der Waals surface area contributed by atoms with E-state index in [9.17, 15) is 0 Å². The highest BCUT2D eigenvalue weighted by atomic mass is 79.9. The summed E-state index contributed by atoms with van der Waals surface area (Å²) in [6.07, 6.45) is 5.22. The lowest BCUT2D eigenvalue weighted by Gasteiger charge is -2.21. The van der Waals surface area contributed by atoms with Crippen LogP contribution >= 0.6 is 15.3 Å². The molecule has 0 bridgehead atoms. The van der Waals surface area contributed by atoms with Crippen molar-refractivity contribution in [3.8, 4) is 5.75 Å². The van der Waals surface area contributed by atoms with Crippen LogP contribution in [0.15, 0.2) is 30.3 Å². The summed E-state index contributed by atoms with van der Waals surface area (Å²) in [5, 5.41) is 0. The van der Waals surface area contributed by atoms with Crippen LogP contribution in [0.2, 0.25) is 12.6 Å². The summed E-state index contributed by atoms with van der Waals surface area (Å²) < 4.78 is 6.04. The topological polar surface area (TPSA) is 9.23 Å². The van der Waals surface area contributed by atoms with Crippen LogP contribution in [0.1, 0.15) is 32.6 Å².